The maximum Gasteiger partial charge on any atom is 0.355 e. The van der Waals surface area contributed by atoms with E-state index >= 15 is 0 Å². The van der Waals surface area contributed by atoms with Crippen molar-refractivity contribution < 1.29 is 28.5 Å². The zero-order valence-corrected chi connectivity index (χ0v) is 17.0. The van der Waals surface area contributed by atoms with Crippen LogP contribution in [0.15, 0.2) is 24.3 Å². The van der Waals surface area contributed by atoms with Crippen LogP contribution in [0.4, 0.5) is 5.69 Å². The molecule has 3 N–H and O–H groups in total. The van der Waals surface area contributed by atoms with Gasteiger partial charge in [0.05, 0.1) is 45.3 Å². The standard InChI is InChI=1S/C20H19ClN2O6/c1-26-13-8-11(15(22)19(28-3)18(13)27-2)17(24)14-10-7-9(21)5-6-12(10)23-16(14)20(25)29-4/h5-8,23H,22H2,1-4H3. The normalized spacial score (nSPS) is 10.7. The van der Waals surface area contributed by atoms with Gasteiger partial charge in [-0.3, -0.25) is 4.79 Å². The number of H-pyrrole nitrogens is 1. The van der Waals surface area contributed by atoms with E-state index in [0.717, 1.165) is 0 Å². The molecule has 3 aromatic rings. The Morgan fingerprint density at radius 3 is 2.28 bits per heavy atom. The van der Waals surface area contributed by atoms with E-state index in [-0.39, 0.29) is 39.8 Å². The molecule has 0 spiro atoms. The maximum atomic E-state index is 13.5. The third kappa shape index (κ3) is 3.31. The minimum Gasteiger partial charge on any atom is -0.493 e. The number of carbonyl (C=O) groups is 2. The summed E-state index contributed by atoms with van der Waals surface area (Å²) in [6.45, 7) is 0. The van der Waals surface area contributed by atoms with Crippen molar-refractivity contribution in [3.63, 3.8) is 0 Å². The number of anilines is 1. The van der Waals surface area contributed by atoms with E-state index in [2.05, 4.69) is 4.98 Å². The minimum absolute atomic E-state index is 0.0112. The highest BCUT2D eigenvalue weighted by Crippen LogP contribution is 2.44. The number of nitrogen functional groups attached to an aromatic ring is 1. The van der Waals surface area contributed by atoms with E-state index in [0.29, 0.717) is 15.9 Å². The van der Waals surface area contributed by atoms with Gasteiger partial charge in [0.1, 0.15) is 5.69 Å². The number of rotatable bonds is 6. The van der Waals surface area contributed by atoms with E-state index in [1.807, 2.05) is 0 Å². The van der Waals surface area contributed by atoms with Gasteiger partial charge in [-0.2, -0.15) is 0 Å². The molecule has 0 bridgehead atoms. The quantitative estimate of drug-likeness (QED) is 0.358. The fourth-order valence-electron chi connectivity index (χ4n) is 3.16. The van der Waals surface area contributed by atoms with Crippen molar-refractivity contribution in [2.45, 2.75) is 0 Å². The molecule has 8 nitrogen and oxygen atoms in total. The molecule has 152 valence electrons. The molecular formula is C20H19ClN2O6. The lowest BCUT2D eigenvalue weighted by atomic mass is 9.97. The Morgan fingerprint density at radius 1 is 1.00 bits per heavy atom. The number of ether oxygens (including phenoxy) is 4. The molecule has 9 heteroatoms. The number of ketones is 1. The van der Waals surface area contributed by atoms with Crippen molar-refractivity contribution in [1.29, 1.82) is 0 Å². The summed E-state index contributed by atoms with van der Waals surface area (Å²) in [4.78, 5) is 28.8. The van der Waals surface area contributed by atoms with Crippen LogP contribution in [0.2, 0.25) is 5.02 Å². The first-order valence-corrected chi connectivity index (χ1v) is 8.78. The Morgan fingerprint density at radius 2 is 1.69 bits per heavy atom. The number of carbonyl (C=O) groups excluding carboxylic acids is 2. The van der Waals surface area contributed by atoms with Gasteiger partial charge in [0.2, 0.25) is 5.75 Å². The van der Waals surface area contributed by atoms with Crippen LogP contribution in [0.25, 0.3) is 10.9 Å². The minimum atomic E-state index is -0.702. The van der Waals surface area contributed by atoms with Crippen molar-refractivity contribution in [3.05, 3.63) is 46.1 Å². The summed E-state index contributed by atoms with van der Waals surface area (Å²) in [5.74, 6) is -0.589. The van der Waals surface area contributed by atoms with Crippen LogP contribution in [-0.4, -0.2) is 45.2 Å². The number of nitrogens with one attached hydrogen (secondary N) is 1. The Hall–Kier alpha value is -3.39. The zero-order chi connectivity index (χ0) is 21.3. The van der Waals surface area contributed by atoms with Gasteiger partial charge in [0.25, 0.3) is 0 Å². The number of esters is 1. The number of hydrogen-bond donors (Lipinski definition) is 2. The van der Waals surface area contributed by atoms with E-state index in [4.69, 9.17) is 36.3 Å². The summed E-state index contributed by atoms with van der Waals surface area (Å²) in [7, 11) is 5.47. The number of hydrogen-bond acceptors (Lipinski definition) is 7. The largest absolute Gasteiger partial charge is 0.493 e. The first kappa shape index (κ1) is 20.3. The van der Waals surface area contributed by atoms with Crippen LogP contribution >= 0.6 is 11.6 Å². The molecule has 0 aliphatic rings. The van der Waals surface area contributed by atoms with Crippen molar-refractivity contribution >= 4 is 39.9 Å². The SMILES string of the molecule is COC(=O)c1[nH]c2ccc(Cl)cc2c1C(=O)c1cc(OC)c(OC)c(OC)c1N. The van der Waals surface area contributed by atoms with Gasteiger partial charge in [0.15, 0.2) is 17.3 Å². The second-order valence-corrected chi connectivity index (χ2v) is 6.43. The fraction of sp³-hybridized carbons (Fsp3) is 0.200. The van der Waals surface area contributed by atoms with Crippen molar-refractivity contribution in [1.82, 2.24) is 4.98 Å². The monoisotopic (exact) mass is 418 g/mol. The first-order valence-electron chi connectivity index (χ1n) is 8.40. The predicted molar refractivity (Wildman–Crippen MR) is 109 cm³/mol. The summed E-state index contributed by atoms with van der Waals surface area (Å²) < 4.78 is 20.7. The molecule has 0 saturated heterocycles. The van der Waals surface area contributed by atoms with E-state index in [9.17, 15) is 9.59 Å². The van der Waals surface area contributed by atoms with Crippen molar-refractivity contribution in [2.24, 2.45) is 0 Å². The van der Waals surface area contributed by atoms with Crippen LogP contribution in [0.3, 0.4) is 0 Å². The molecular weight excluding hydrogens is 400 g/mol. The van der Waals surface area contributed by atoms with Gasteiger partial charge in [-0.05, 0) is 24.3 Å². The van der Waals surface area contributed by atoms with Gasteiger partial charge in [-0.25, -0.2) is 4.79 Å². The third-order valence-corrected chi connectivity index (χ3v) is 4.73. The Labute approximate surface area is 171 Å². The molecule has 2 aromatic carbocycles. The Balaban J connectivity index is 2.33. The lowest BCUT2D eigenvalue weighted by molar-refractivity contribution is 0.0592. The Kier molecular flexibility index (Phi) is 5.56. The van der Waals surface area contributed by atoms with Gasteiger partial charge in [0, 0.05) is 15.9 Å². The first-order chi connectivity index (χ1) is 13.9. The molecule has 0 unspecified atom stereocenters. The fourth-order valence-corrected chi connectivity index (χ4v) is 3.33. The van der Waals surface area contributed by atoms with E-state index in [1.54, 1.807) is 18.2 Å². The zero-order valence-electron chi connectivity index (χ0n) is 16.2. The number of aromatic nitrogens is 1. The molecule has 1 aromatic heterocycles. The number of aromatic amines is 1. The van der Waals surface area contributed by atoms with Gasteiger partial charge in [-0.1, -0.05) is 11.6 Å². The summed E-state index contributed by atoms with van der Waals surface area (Å²) in [5.41, 5.74) is 6.93. The molecule has 29 heavy (non-hydrogen) atoms. The summed E-state index contributed by atoms with van der Waals surface area (Å²) >= 11 is 6.11. The average Bonchev–Trinajstić information content (AvgIpc) is 3.10. The molecule has 0 amide bonds. The topological polar surface area (TPSA) is 113 Å². The van der Waals surface area contributed by atoms with Gasteiger partial charge >= 0.3 is 5.97 Å². The molecule has 1 heterocycles. The third-order valence-electron chi connectivity index (χ3n) is 4.49. The summed E-state index contributed by atoms with van der Waals surface area (Å²) in [5, 5.41) is 0.857. The lowest BCUT2D eigenvalue weighted by Crippen LogP contribution is -2.13. The smallest absolute Gasteiger partial charge is 0.355 e. The van der Waals surface area contributed by atoms with Crippen molar-refractivity contribution in [3.8, 4) is 17.2 Å². The Bertz CT molecular complexity index is 1120. The number of fused-ring (bicyclic) bond motifs is 1. The van der Waals surface area contributed by atoms with E-state index in [1.165, 1.54) is 34.5 Å². The van der Waals surface area contributed by atoms with Crippen LogP contribution in [0, 0.1) is 0 Å². The average molecular weight is 419 g/mol. The second-order valence-electron chi connectivity index (χ2n) is 5.99. The molecule has 3 rings (SSSR count). The molecule has 0 aliphatic carbocycles. The highest BCUT2D eigenvalue weighted by Gasteiger charge is 2.29. The van der Waals surface area contributed by atoms with Crippen molar-refractivity contribution in [2.75, 3.05) is 34.2 Å². The molecule has 0 fully saturated rings. The van der Waals surface area contributed by atoms with Crippen LogP contribution < -0.4 is 19.9 Å². The number of benzene rings is 2. The maximum absolute atomic E-state index is 13.5. The highest BCUT2D eigenvalue weighted by atomic mass is 35.5. The predicted octanol–water partition coefficient (Wildman–Crippen LogP) is 3.45. The number of methoxy groups -OCH3 is 4. The van der Waals surface area contributed by atoms with Crippen LogP contribution in [0.1, 0.15) is 26.4 Å². The van der Waals surface area contributed by atoms with E-state index < -0.39 is 11.8 Å². The second kappa shape index (κ2) is 7.92. The highest BCUT2D eigenvalue weighted by molar-refractivity contribution is 6.32. The van der Waals surface area contributed by atoms with Gasteiger partial charge in [-0.15, -0.1) is 0 Å². The summed E-state index contributed by atoms with van der Waals surface area (Å²) in [6, 6.07) is 6.33. The lowest BCUT2D eigenvalue weighted by Gasteiger charge is -2.17. The number of halogens is 1. The van der Waals surface area contributed by atoms with Crippen LogP contribution in [-0.2, 0) is 4.74 Å². The number of nitrogens with two attached hydrogens (primary N) is 1. The molecule has 0 aliphatic heterocycles. The molecule has 0 atom stereocenters. The summed E-state index contributed by atoms with van der Waals surface area (Å²) in [6.07, 6.45) is 0. The molecule has 0 saturated carbocycles. The molecule has 0 radical (unpaired) electrons. The van der Waals surface area contributed by atoms with Gasteiger partial charge < -0.3 is 29.7 Å². The van der Waals surface area contributed by atoms with Crippen LogP contribution in [0.5, 0.6) is 17.2 Å².